The van der Waals surface area contributed by atoms with Crippen molar-refractivity contribution in [3.8, 4) is 0 Å². The summed E-state index contributed by atoms with van der Waals surface area (Å²) < 4.78 is 0. The first-order valence-corrected chi connectivity index (χ1v) is 7.15. The second-order valence-electron chi connectivity index (χ2n) is 5.58. The Balaban J connectivity index is 3.97. The third-order valence-corrected chi connectivity index (χ3v) is 3.70. The van der Waals surface area contributed by atoms with E-state index in [1.165, 1.54) is 0 Å². The molecule has 0 fully saturated rings. The third kappa shape index (κ3) is 7.50. The smallest absolute Gasteiger partial charge is 0.323 e. The summed E-state index contributed by atoms with van der Waals surface area (Å²) in [5.41, 5.74) is -0.803. The molecule has 2 N–H and O–H groups in total. The zero-order valence-corrected chi connectivity index (χ0v) is 13.2. The Morgan fingerprint density at radius 1 is 1.21 bits per heavy atom. The Morgan fingerprint density at radius 3 is 2.21 bits per heavy atom. The number of hydrogen-bond acceptors (Lipinski definition) is 4. The van der Waals surface area contributed by atoms with Crippen LogP contribution in [0.4, 0.5) is 0 Å². The van der Waals surface area contributed by atoms with Crippen LogP contribution in [0, 0.1) is 0 Å². The van der Waals surface area contributed by atoms with Gasteiger partial charge in [-0.2, -0.15) is 0 Å². The van der Waals surface area contributed by atoms with Crippen molar-refractivity contribution in [3.05, 3.63) is 0 Å². The fourth-order valence-electron chi connectivity index (χ4n) is 2.03. The van der Waals surface area contributed by atoms with Gasteiger partial charge in [-0.05, 0) is 73.5 Å². The van der Waals surface area contributed by atoms with Crippen LogP contribution >= 0.6 is 0 Å². The maximum atomic E-state index is 11.2. The van der Waals surface area contributed by atoms with Gasteiger partial charge in [0.05, 0.1) is 0 Å². The summed E-state index contributed by atoms with van der Waals surface area (Å²) in [6.07, 6.45) is 2.71. The van der Waals surface area contributed by atoms with E-state index in [2.05, 4.69) is 36.1 Å². The normalized spacial score (nSPS) is 14.9. The van der Waals surface area contributed by atoms with Crippen LogP contribution in [-0.4, -0.2) is 73.7 Å². The standard InChI is InChI=1S/C14H31N3O2/c1-6-17(12-8-10-16(4)5)11-7-9-14(2,15-3)13(18)19/h15H,6-12H2,1-5H3,(H,18,19). The van der Waals surface area contributed by atoms with E-state index in [9.17, 15) is 9.90 Å². The molecule has 0 amide bonds. The summed E-state index contributed by atoms with van der Waals surface area (Å²) in [7, 11) is 5.88. The molecule has 1 atom stereocenters. The van der Waals surface area contributed by atoms with E-state index < -0.39 is 11.5 Å². The molecule has 0 aromatic heterocycles. The van der Waals surface area contributed by atoms with E-state index in [0.717, 1.165) is 39.0 Å². The predicted octanol–water partition coefficient (Wildman–Crippen LogP) is 1.10. The van der Waals surface area contributed by atoms with Crippen LogP contribution < -0.4 is 5.32 Å². The number of likely N-dealkylation sites (N-methyl/N-ethyl adjacent to an activating group) is 1. The van der Waals surface area contributed by atoms with Crippen LogP contribution in [0.2, 0.25) is 0 Å². The zero-order chi connectivity index (χ0) is 14.9. The highest BCUT2D eigenvalue weighted by atomic mass is 16.4. The van der Waals surface area contributed by atoms with Crippen molar-refractivity contribution in [3.63, 3.8) is 0 Å². The average Bonchev–Trinajstić information content (AvgIpc) is 2.35. The van der Waals surface area contributed by atoms with Crippen molar-refractivity contribution >= 4 is 5.97 Å². The summed E-state index contributed by atoms with van der Waals surface area (Å²) in [5.74, 6) is -0.773. The molecule has 19 heavy (non-hydrogen) atoms. The summed E-state index contributed by atoms with van der Waals surface area (Å²) in [6.45, 7) is 8.07. The van der Waals surface area contributed by atoms with Crippen molar-refractivity contribution in [2.75, 3.05) is 47.3 Å². The molecule has 0 rings (SSSR count). The topological polar surface area (TPSA) is 55.8 Å². The third-order valence-electron chi connectivity index (χ3n) is 3.70. The Hall–Kier alpha value is -0.650. The molecule has 0 aromatic carbocycles. The molecule has 0 aliphatic heterocycles. The molecular formula is C14H31N3O2. The molecule has 0 bridgehead atoms. The number of rotatable bonds is 11. The molecule has 0 aliphatic rings. The highest BCUT2D eigenvalue weighted by Gasteiger charge is 2.30. The van der Waals surface area contributed by atoms with Gasteiger partial charge in [0.25, 0.3) is 0 Å². The van der Waals surface area contributed by atoms with Gasteiger partial charge in [-0.1, -0.05) is 6.92 Å². The Kier molecular flexibility index (Phi) is 8.97. The molecule has 1 unspecified atom stereocenters. The van der Waals surface area contributed by atoms with Gasteiger partial charge in [0.15, 0.2) is 0 Å². The van der Waals surface area contributed by atoms with Crippen LogP contribution in [-0.2, 0) is 4.79 Å². The van der Waals surface area contributed by atoms with Crippen molar-refractivity contribution in [2.24, 2.45) is 0 Å². The Morgan fingerprint density at radius 2 is 1.79 bits per heavy atom. The van der Waals surface area contributed by atoms with E-state index in [0.29, 0.717) is 6.42 Å². The highest BCUT2D eigenvalue weighted by molar-refractivity contribution is 5.78. The molecule has 0 saturated carbocycles. The first kappa shape index (κ1) is 18.4. The summed E-state index contributed by atoms with van der Waals surface area (Å²) in [6, 6.07) is 0. The van der Waals surface area contributed by atoms with E-state index in [4.69, 9.17) is 0 Å². The fourth-order valence-corrected chi connectivity index (χ4v) is 2.03. The van der Waals surface area contributed by atoms with Gasteiger partial charge in [-0.15, -0.1) is 0 Å². The zero-order valence-electron chi connectivity index (χ0n) is 13.2. The molecule has 0 spiro atoms. The van der Waals surface area contributed by atoms with Gasteiger partial charge in [-0.3, -0.25) is 4.79 Å². The summed E-state index contributed by atoms with van der Waals surface area (Å²) in [5, 5.41) is 12.1. The molecule has 0 saturated heterocycles. The van der Waals surface area contributed by atoms with Gasteiger partial charge >= 0.3 is 5.97 Å². The molecule has 0 radical (unpaired) electrons. The molecule has 0 aromatic rings. The van der Waals surface area contributed by atoms with Gasteiger partial charge in [0, 0.05) is 0 Å². The maximum absolute atomic E-state index is 11.2. The summed E-state index contributed by atoms with van der Waals surface area (Å²) >= 11 is 0. The Labute approximate surface area is 118 Å². The first-order valence-electron chi connectivity index (χ1n) is 7.15. The highest BCUT2D eigenvalue weighted by Crippen LogP contribution is 2.12. The fraction of sp³-hybridized carbons (Fsp3) is 0.929. The van der Waals surface area contributed by atoms with Gasteiger partial charge < -0.3 is 20.2 Å². The lowest BCUT2D eigenvalue weighted by atomic mass is 9.96. The summed E-state index contributed by atoms with van der Waals surface area (Å²) in [4.78, 5) is 15.7. The van der Waals surface area contributed by atoms with Crippen LogP contribution in [0.1, 0.15) is 33.1 Å². The minimum Gasteiger partial charge on any atom is -0.480 e. The number of nitrogens with one attached hydrogen (secondary N) is 1. The molecule has 0 heterocycles. The predicted molar refractivity (Wildman–Crippen MR) is 79.6 cm³/mol. The van der Waals surface area contributed by atoms with Crippen LogP contribution in [0.25, 0.3) is 0 Å². The number of hydrogen-bond donors (Lipinski definition) is 2. The average molecular weight is 273 g/mol. The van der Waals surface area contributed by atoms with Gasteiger partial charge in [0.1, 0.15) is 5.54 Å². The number of carbonyl (C=O) groups is 1. The van der Waals surface area contributed by atoms with Crippen molar-refractivity contribution in [2.45, 2.75) is 38.6 Å². The molecule has 0 aliphatic carbocycles. The second kappa shape index (κ2) is 9.28. The minimum atomic E-state index is -0.803. The van der Waals surface area contributed by atoms with Crippen LogP contribution in [0.3, 0.4) is 0 Å². The minimum absolute atomic E-state index is 0.656. The molecule has 114 valence electrons. The molecule has 5 nitrogen and oxygen atoms in total. The maximum Gasteiger partial charge on any atom is 0.323 e. The second-order valence-corrected chi connectivity index (χ2v) is 5.58. The lowest BCUT2D eigenvalue weighted by Crippen LogP contribution is -2.47. The van der Waals surface area contributed by atoms with Crippen LogP contribution in [0.5, 0.6) is 0 Å². The van der Waals surface area contributed by atoms with Gasteiger partial charge in [-0.25, -0.2) is 0 Å². The van der Waals surface area contributed by atoms with Crippen molar-refractivity contribution in [1.29, 1.82) is 0 Å². The largest absolute Gasteiger partial charge is 0.480 e. The number of aliphatic carboxylic acids is 1. The Bertz CT molecular complexity index is 259. The van der Waals surface area contributed by atoms with E-state index in [1.54, 1.807) is 14.0 Å². The lowest BCUT2D eigenvalue weighted by Gasteiger charge is -2.26. The van der Waals surface area contributed by atoms with Crippen molar-refractivity contribution < 1.29 is 9.90 Å². The van der Waals surface area contributed by atoms with Crippen molar-refractivity contribution in [1.82, 2.24) is 15.1 Å². The monoisotopic (exact) mass is 273 g/mol. The van der Waals surface area contributed by atoms with E-state index in [1.807, 2.05) is 0 Å². The SMILES string of the molecule is CCN(CCCN(C)C)CCCC(C)(NC)C(=O)O. The van der Waals surface area contributed by atoms with E-state index in [-0.39, 0.29) is 0 Å². The van der Waals surface area contributed by atoms with E-state index >= 15 is 0 Å². The lowest BCUT2D eigenvalue weighted by molar-refractivity contribution is -0.144. The quantitative estimate of drug-likeness (QED) is 0.590. The van der Waals surface area contributed by atoms with Crippen LogP contribution in [0.15, 0.2) is 0 Å². The number of nitrogens with zero attached hydrogens (tertiary/aromatic N) is 2. The molecular weight excluding hydrogens is 242 g/mol. The first-order chi connectivity index (χ1) is 8.85. The number of carboxylic acids is 1. The molecule has 5 heteroatoms. The van der Waals surface area contributed by atoms with Gasteiger partial charge in [0.2, 0.25) is 0 Å². The number of carboxylic acid groups (broad SMARTS) is 1.